The summed E-state index contributed by atoms with van der Waals surface area (Å²) in [5.74, 6) is 4.15. The summed E-state index contributed by atoms with van der Waals surface area (Å²) in [7, 11) is 0. The second kappa shape index (κ2) is 5.30. The van der Waals surface area contributed by atoms with Crippen LogP contribution < -0.4 is 0 Å². The first-order valence-electron chi connectivity index (χ1n) is 7.37. The minimum absolute atomic E-state index is 0.489. The van der Waals surface area contributed by atoms with Gasteiger partial charge in [-0.25, -0.2) is 0 Å². The van der Waals surface area contributed by atoms with Crippen LogP contribution in [0.5, 0.6) is 0 Å². The Kier molecular flexibility index (Phi) is 4.30. The zero-order valence-electron chi connectivity index (χ0n) is 12.4. The summed E-state index contributed by atoms with van der Waals surface area (Å²) >= 11 is 2.52. The molecular formula is C17H27I. The molecule has 0 aliphatic heterocycles. The van der Waals surface area contributed by atoms with Crippen LogP contribution in [0, 0.1) is 35.0 Å². The minimum Gasteiger partial charge on any atom is -0.0854 e. The highest BCUT2D eigenvalue weighted by Crippen LogP contribution is 2.59. The van der Waals surface area contributed by atoms with Crippen molar-refractivity contribution in [2.75, 3.05) is 0 Å². The van der Waals surface area contributed by atoms with E-state index in [-0.39, 0.29) is 0 Å². The smallest absolute Gasteiger partial charge is 0.0134 e. The molecule has 2 rings (SSSR count). The normalized spacial score (nSPS) is 43.0. The monoisotopic (exact) mass is 358 g/mol. The van der Waals surface area contributed by atoms with Crippen LogP contribution in [0.4, 0.5) is 0 Å². The molecule has 0 heterocycles. The van der Waals surface area contributed by atoms with Crippen molar-refractivity contribution in [3.8, 4) is 0 Å². The van der Waals surface area contributed by atoms with Crippen LogP contribution in [-0.2, 0) is 0 Å². The second-order valence-corrected chi connectivity index (χ2v) is 8.39. The Morgan fingerprint density at radius 1 is 1.33 bits per heavy atom. The molecule has 1 saturated carbocycles. The van der Waals surface area contributed by atoms with E-state index >= 15 is 0 Å². The van der Waals surface area contributed by atoms with Crippen molar-refractivity contribution in [1.29, 1.82) is 0 Å². The topological polar surface area (TPSA) is 0 Å². The van der Waals surface area contributed by atoms with E-state index in [1.54, 1.807) is 0 Å². The van der Waals surface area contributed by atoms with Gasteiger partial charge in [0.25, 0.3) is 0 Å². The van der Waals surface area contributed by atoms with E-state index in [1.165, 1.54) is 16.4 Å². The summed E-state index contributed by atoms with van der Waals surface area (Å²) in [6.07, 6.45) is 9.94. The molecule has 0 aromatic carbocycles. The van der Waals surface area contributed by atoms with Gasteiger partial charge in [0.05, 0.1) is 0 Å². The SMILES string of the molecule is C/C=C(/I)CC1C(C)C2C=CC(C)CC2C1(C)C. The van der Waals surface area contributed by atoms with Crippen molar-refractivity contribution >= 4 is 22.6 Å². The fourth-order valence-electron chi connectivity index (χ4n) is 4.43. The Labute approximate surface area is 126 Å². The first kappa shape index (κ1) is 14.6. The van der Waals surface area contributed by atoms with Crippen molar-refractivity contribution in [2.24, 2.45) is 35.0 Å². The van der Waals surface area contributed by atoms with Gasteiger partial charge in [0, 0.05) is 0 Å². The molecule has 0 nitrogen and oxygen atoms in total. The molecule has 0 N–H and O–H groups in total. The standard InChI is InChI=1S/C17H27I/c1-6-13(18)10-15-12(3)14-8-7-11(2)9-16(14)17(15,4)5/h6-8,11-12,14-16H,9-10H2,1-5H3/b13-6+. The van der Waals surface area contributed by atoms with Gasteiger partial charge in [-0.3, -0.25) is 0 Å². The Morgan fingerprint density at radius 2 is 2.00 bits per heavy atom. The molecule has 18 heavy (non-hydrogen) atoms. The number of hydrogen-bond acceptors (Lipinski definition) is 0. The summed E-state index contributed by atoms with van der Waals surface area (Å²) in [5, 5.41) is 0. The van der Waals surface area contributed by atoms with Gasteiger partial charge in [-0.1, -0.05) is 45.9 Å². The summed E-state index contributed by atoms with van der Waals surface area (Å²) in [6, 6.07) is 0. The molecule has 5 unspecified atom stereocenters. The molecule has 0 amide bonds. The van der Waals surface area contributed by atoms with E-state index in [2.05, 4.69) is 75.4 Å². The Balaban J connectivity index is 2.26. The van der Waals surface area contributed by atoms with E-state index in [1.807, 2.05) is 0 Å². The lowest BCUT2D eigenvalue weighted by Crippen LogP contribution is -2.29. The molecule has 102 valence electrons. The molecule has 2 aliphatic rings. The lowest BCUT2D eigenvalue weighted by atomic mass is 9.68. The van der Waals surface area contributed by atoms with Crippen LogP contribution in [0.3, 0.4) is 0 Å². The molecule has 0 aromatic rings. The first-order valence-corrected chi connectivity index (χ1v) is 8.44. The third kappa shape index (κ3) is 2.44. The van der Waals surface area contributed by atoms with Crippen molar-refractivity contribution in [1.82, 2.24) is 0 Å². The molecule has 1 heteroatoms. The minimum atomic E-state index is 0.489. The van der Waals surface area contributed by atoms with Crippen molar-refractivity contribution in [2.45, 2.75) is 47.5 Å². The van der Waals surface area contributed by atoms with Crippen LogP contribution in [0.25, 0.3) is 0 Å². The van der Waals surface area contributed by atoms with Crippen molar-refractivity contribution < 1.29 is 0 Å². The maximum atomic E-state index is 2.54. The van der Waals surface area contributed by atoms with Gasteiger partial charge in [0.15, 0.2) is 0 Å². The molecule has 0 radical (unpaired) electrons. The van der Waals surface area contributed by atoms with Crippen molar-refractivity contribution in [3.63, 3.8) is 0 Å². The number of rotatable bonds is 2. The predicted octanol–water partition coefficient (Wildman–Crippen LogP) is 5.84. The van der Waals surface area contributed by atoms with Gasteiger partial charge in [0.2, 0.25) is 0 Å². The first-order chi connectivity index (χ1) is 8.37. The number of fused-ring (bicyclic) bond motifs is 1. The van der Waals surface area contributed by atoms with Gasteiger partial charge in [-0.05, 0) is 80.9 Å². The van der Waals surface area contributed by atoms with Crippen LogP contribution in [0.2, 0.25) is 0 Å². The van der Waals surface area contributed by atoms with Crippen molar-refractivity contribution in [3.05, 3.63) is 21.8 Å². The highest BCUT2D eigenvalue weighted by Gasteiger charge is 2.52. The van der Waals surface area contributed by atoms with Gasteiger partial charge < -0.3 is 0 Å². The second-order valence-electron chi connectivity index (χ2n) is 7.01. The van der Waals surface area contributed by atoms with Gasteiger partial charge in [-0.2, -0.15) is 0 Å². The Bertz CT molecular complexity index is 364. The third-order valence-corrected chi connectivity index (χ3v) is 6.70. The molecule has 0 aromatic heterocycles. The van der Waals surface area contributed by atoms with E-state index < -0.39 is 0 Å². The maximum absolute atomic E-state index is 2.54. The van der Waals surface area contributed by atoms with E-state index in [0.29, 0.717) is 5.41 Å². The van der Waals surface area contributed by atoms with Gasteiger partial charge >= 0.3 is 0 Å². The summed E-state index contributed by atoms with van der Waals surface area (Å²) in [5.41, 5.74) is 0.489. The fourth-order valence-corrected chi connectivity index (χ4v) is 4.90. The van der Waals surface area contributed by atoms with Crippen LogP contribution >= 0.6 is 22.6 Å². The zero-order valence-corrected chi connectivity index (χ0v) is 14.6. The van der Waals surface area contributed by atoms with E-state index in [4.69, 9.17) is 0 Å². The predicted molar refractivity (Wildman–Crippen MR) is 88.7 cm³/mol. The summed E-state index contributed by atoms with van der Waals surface area (Å²) < 4.78 is 1.54. The molecule has 0 spiro atoms. The average Bonchev–Trinajstić information content (AvgIpc) is 2.50. The molecule has 0 bridgehead atoms. The Morgan fingerprint density at radius 3 is 2.61 bits per heavy atom. The highest BCUT2D eigenvalue weighted by atomic mass is 127. The maximum Gasteiger partial charge on any atom is -0.0134 e. The molecule has 1 fully saturated rings. The summed E-state index contributed by atoms with van der Waals surface area (Å²) in [4.78, 5) is 0. The molecule has 2 aliphatic carbocycles. The average molecular weight is 358 g/mol. The quantitative estimate of drug-likeness (QED) is 0.430. The summed E-state index contributed by atoms with van der Waals surface area (Å²) in [6.45, 7) is 12.1. The largest absolute Gasteiger partial charge is 0.0854 e. The third-order valence-electron chi connectivity index (χ3n) is 5.63. The number of hydrogen-bond donors (Lipinski definition) is 0. The Hall–Kier alpha value is 0.210. The van der Waals surface area contributed by atoms with Gasteiger partial charge in [-0.15, -0.1) is 0 Å². The van der Waals surface area contributed by atoms with Crippen LogP contribution in [-0.4, -0.2) is 0 Å². The van der Waals surface area contributed by atoms with E-state index in [9.17, 15) is 0 Å². The van der Waals surface area contributed by atoms with E-state index in [0.717, 1.165) is 29.6 Å². The molecular weight excluding hydrogens is 331 g/mol. The lowest BCUT2D eigenvalue weighted by molar-refractivity contribution is 0.149. The lowest BCUT2D eigenvalue weighted by Gasteiger charge is -2.37. The highest BCUT2D eigenvalue weighted by molar-refractivity contribution is 14.1. The zero-order chi connectivity index (χ0) is 13.5. The van der Waals surface area contributed by atoms with Gasteiger partial charge in [0.1, 0.15) is 0 Å². The fraction of sp³-hybridized carbons (Fsp3) is 0.765. The molecule has 5 atom stereocenters. The number of allylic oxidation sites excluding steroid dienone is 4. The van der Waals surface area contributed by atoms with Crippen LogP contribution in [0.15, 0.2) is 21.8 Å². The van der Waals surface area contributed by atoms with Crippen LogP contribution in [0.1, 0.15) is 47.5 Å². The molecule has 0 saturated heterocycles. The number of halogens is 1.